The van der Waals surface area contributed by atoms with Crippen molar-refractivity contribution >= 4 is 42.4 Å². The standard InChI is InChI=1S/C26H24N2O5S2/c1-35(30,31)22-12-13-23-24(16-22)34-26(27-23)28(17-21-11-6-14-32-21)25(29)18-7-5-10-20(15-18)33-19-8-3-2-4-9-19/h2-5,7-10,12-13,15-16,21H,6,11,14,17H2,1H3. The molecule has 1 aromatic heterocycles. The lowest BCUT2D eigenvalue weighted by Crippen LogP contribution is -2.37. The Morgan fingerprint density at radius 1 is 1.09 bits per heavy atom. The number of carbonyl (C=O) groups is 1. The van der Waals surface area contributed by atoms with Gasteiger partial charge in [0, 0.05) is 18.4 Å². The number of anilines is 1. The monoisotopic (exact) mass is 508 g/mol. The van der Waals surface area contributed by atoms with Gasteiger partial charge < -0.3 is 9.47 Å². The zero-order chi connectivity index (χ0) is 24.4. The Morgan fingerprint density at radius 3 is 2.63 bits per heavy atom. The Kier molecular flexibility index (Phi) is 6.55. The van der Waals surface area contributed by atoms with E-state index in [0.717, 1.165) is 12.8 Å². The van der Waals surface area contributed by atoms with Gasteiger partial charge in [-0.15, -0.1) is 0 Å². The van der Waals surface area contributed by atoms with E-state index in [2.05, 4.69) is 4.98 Å². The van der Waals surface area contributed by atoms with Gasteiger partial charge in [0.05, 0.1) is 27.8 Å². The molecule has 35 heavy (non-hydrogen) atoms. The zero-order valence-corrected chi connectivity index (χ0v) is 20.7. The first-order chi connectivity index (χ1) is 16.9. The molecule has 1 saturated heterocycles. The fourth-order valence-electron chi connectivity index (χ4n) is 3.95. The first kappa shape index (κ1) is 23.5. The first-order valence-corrected chi connectivity index (χ1v) is 13.9. The number of fused-ring (bicyclic) bond motifs is 1. The molecule has 2 heterocycles. The second kappa shape index (κ2) is 9.77. The highest BCUT2D eigenvalue weighted by atomic mass is 32.2. The van der Waals surface area contributed by atoms with Crippen LogP contribution in [0.5, 0.6) is 11.5 Å². The van der Waals surface area contributed by atoms with E-state index in [0.29, 0.717) is 45.6 Å². The van der Waals surface area contributed by atoms with E-state index in [1.54, 1.807) is 41.3 Å². The minimum atomic E-state index is -3.35. The average molecular weight is 509 g/mol. The zero-order valence-electron chi connectivity index (χ0n) is 19.1. The van der Waals surface area contributed by atoms with Crippen molar-refractivity contribution in [3.8, 4) is 11.5 Å². The number of nitrogens with zero attached hydrogens (tertiary/aromatic N) is 2. The van der Waals surface area contributed by atoms with Crippen molar-refractivity contribution in [3.05, 3.63) is 78.4 Å². The predicted molar refractivity (Wildman–Crippen MR) is 136 cm³/mol. The minimum absolute atomic E-state index is 0.0821. The van der Waals surface area contributed by atoms with Crippen LogP contribution in [0.3, 0.4) is 0 Å². The highest BCUT2D eigenvalue weighted by Gasteiger charge is 2.27. The van der Waals surface area contributed by atoms with Crippen LogP contribution >= 0.6 is 11.3 Å². The van der Waals surface area contributed by atoms with E-state index in [1.807, 2.05) is 30.3 Å². The molecule has 0 N–H and O–H groups in total. The summed E-state index contributed by atoms with van der Waals surface area (Å²) < 4.78 is 36.4. The molecule has 3 aromatic carbocycles. The number of aromatic nitrogens is 1. The van der Waals surface area contributed by atoms with E-state index >= 15 is 0 Å². The van der Waals surface area contributed by atoms with Gasteiger partial charge in [0.1, 0.15) is 11.5 Å². The number of amides is 1. The van der Waals surface area contributed by atoms with Crippen LogP contribution in [0.2, 0.25) is 0 Å². The Bertz CT molecular complexity index is 1460. The highest BCUT2D eigenvalue weighted by Crippen LogP contribution is 2.33. The average Bonchev–Trinajstić information content (AvgIpc) is 3.51. The van der Waals surface area contributed by atoms with Gasteiger partial charge in [-0.2, -0.15) is 0 Å². The maximum absolute atomic E-state index is 13.7. The SMILES string of the molecule is CS(=O)(=O)c1ccc2nc(N(CC3CCCO3)C(=O)c3cccc(Oc4ccccc4)c3)sc2c1. The lowest BCUT2D eigenvalue weighted by Gasteiger charge is -2.23. The van der Waals surface area contributed by atoms with Crippen molar-refractivity contribution in [1.82, 2.24) is 4.98 Å². The number of thiazole rings is 1. The number of hydrogen-bond donors (Lipinski definition) is 0. The molecule has 1 amide bonds. The lowest BCUT2D eigenvalue weighted by atomic mass is 10.1. The van der Waals surface area contributed by atoms with Crippen LogP contribution in [0.1, 0.15) is 23.2 Å². The number of rotatable bonds is 7. The summed E-state index contributed by atoms with van der Waals surface area (Å²) in [6, 6.07) is 21.3. The van der Waals surface area contributed by atoms with E-state index in [-0.39, 0.29) is 16.9 Å². The molecule has 1 aliphatic rings. The van der Waals surface area contributed by atoms with Crippen molar-refractivity contribution in [3.63, 3.8) is 0 Å². The van der Waals surface area contributed by atoms with Crippen LogP contribution in [0.15, 0.2) is 77.7 Å². The molecule has 4 aromatic rings. The summed E-state index contributed by atoms with van der Waals surface area (Å²) in [4.78, 5) is 20.2. The molecule has 5 rings (SSSR count). The molecule has 1 fully saturated rings. The first-order valence-electron chi connectivity index (χ1n) is 11.2. The van der Waals surface area contributed by atoms with Crippen molar-refractivity contribution in [2.75, 3.05) is 24.3 Å². The minimum Gasteiger partial charge on any atom is -0.457 e. The molecule has 0 aliphatic carbocycles. The quantitative estimate of drug-likeness (QED) is 0.336. The molecule has 1 aliphatic heterocycles. The molecule has 1 atom stereocenters. The largest absolute Gasteiger partial charge is 0.457 e. The summed E-state index contributed by atoms with van der Waals surface area (Å²) in [5.41, 5.74) is 1.11. The van der Waals surface area contributed by atoms with E-state index in [1.165, 1.54) is 23.7 Å². The lowest BCUT2D eigenvalue weighted by molar-refractivity contribution is 0.0917. The Balaban J connectivity index is 1.48. The topological polar surface area (TPSA) is 85.8 Å². The summed E-state index contributed by atoms with van der Waals surface area (Å²) >= 11 is 1.29. The fourth-order valence-corrected chi connectivity index (χ4v) is 5.69. The third kappa shape index (κ3) is 5.37. The predicted octanol–water partition coefficient (Wildman–Crippen LogP) is 5.32. The molecule has 180 valence electrons. The molecule has 0 radical (unpaired) electrons. The third-order valence-corrected chi connectivity index (χ3v) is 7.87. The van der Waals surface area contributed by atoms with Gasteiger partial charge in [0.25, 0.3) is 5.91 Å². The number of para-hydroxylation sites is 1. The smallest absolute Gasteiger partial charge is 0.260 e. The Hall–Kier alpha value is -3.27. The van der Waals surface area contributed by atoms with Crippen molar-refractivity contribution < 1.29 is 22.7 Å². The van der Waals surface area contributed by atoms with E-state index < -0.39 is 9.84 Å². The Labute approximate surface area is 207 Å². The number of carbonyl (C=O) groups excluding carboxylic acids is 1. The third-order valence-electron chi connectivity index (χ3n) is 5.72. The summed E-state index contributed by atoms with van der Waals surface area (Å²) in [6.45, 7) is 1.03. The van der Waals surface area contributed by atoms with Gasteiger partial charge in [-0.05, 0) is 61.4 Å². The second-order valence-corrected chi connectivity index (χ2v) is 11.4. The number of benzene rings is 3. The van der Waals surface area contributed by atoms with Crippen molar-refractivity contribution in [2.24, 2.45) is 0 Å². The van der Waals surface area contributed by atoms with Crippen LogP contribution in [-0.4, -0.2) is 44.8 Å². The van der Waals surface area contributed by atoms with Gasteiger partial charge >= 0.3 is 0 Å². The summed E-state index contributed by atoms with van der Waals surface area (Å²) in [6.07, 6.45) is 2.91. The Morgan fingerprint density at radius 2 is 1.89 bits per heavy atom. The van der Waals surface area contributed by atoms with Crippen LogP contribution in [0.4, 0.5) is 5.13 Å². The summed E-state index contributed by atoms with van der Waals surface area (Å²) in [5, 5.41) is 0.500. The van der Waals surface area contributed by atoms with E-state index in [9.17, 15) is 13.2 Å². The second-order valence-electron chi connectivity index (χ2n) is 8.39. The van der Waals surface area contributed by atoms with E-state index in [4.69, 9.17) is 9.47 Å². The molecule has 9 heteroatoms. The molecule has 1 unspecified atom stereocenters. The van der Waals surface area contributed by atoms with Gasteiger partial charge in [-0.1, -0.05) is 35.6 Å². The number of ether oxygens (including phenoxy) is 2. The van der Waals surface area contributed by atoms with Crippen molar-refractivity contribution in [2.45, 2.75) is 23.8 Å². The molecule has 7 nitrogen and oxygen atoms in total. The normalized spacial score (nSPS) is 15.9. The number of hydrogen-bond acceptors (Lipinski definition) is 7. The summed E-state index contributed by atoms with van der Waals surface area (Å²) in [5.74, 6) is 1.02. The van der Waals surface area contributed by atoms with Crippen LogP contribution in [0, 0.1) is 0 Å². The van der Waals surface area contributed by atoms with Crippen LogP contribution < -0.4 is 9.64 Å². The maximum atomic E-state index is 13.7. The summed E-state index contributed by atoms with van der Waals surface area (Å²) in [7, 11) is -3.35. The van der Waals surface area contributed by atoms with Gasteiger partial charge in [-0.3, -0.25) is 9.69 Å². The number of sulfone groups is 1. The van der Waals surface area contributed by atoms with Crippen molar-refractivity contribution in [1.29, 1.82) is 0 Å². The van der Waals surface area contributed by atoms with Crippen LogP contribution in [-0.2, 0) is 14.6 Å². The maximum Gasteiger partial charge on any atom is 0.260 e. The molecule has 0 bridgehead atoms. The van der Waals surface area contributed by atoms with Gasteiger partial charge in [0.2, 0.25) is 0 Å². The molecule has 0 spiro atoms. The van der Waals surface area contributed by atoms with Gasteiger partial charge in [-0.25, -0.2) is 13.4 Å². The van der Waals surface area contributed by atoms with Gasteiger partial charge in [0.15, 0.2) is 15.0 Å². The fraction of sp³-hybridized carbons (Fsp3) is 0.231. The molecular formula is C26H24N2O5S2. The van der Waals surface area contributed by atoms with Crippen LogP contribution in [0.25, 0.3) is 10.2 Å². The highest BCUT2D eigenvalue weighted by molar-refractivity contribution is 7.90. The molecular weight excluding hydrogens is 484 g/mol. The molecule has 0 saturated carbocycles.